The molecule has 2 aliphatic heterocycles. The first-order valence-corrected chi connectivity index (χ1v) is 12.4. The summed E-state index contributed by atoms with van der Waals surface area (Å²) in [5.41, 5.74) is 3.49. The van der Waals surface area contributed by atoms with E-state index >= 15 is 0 Å². The van der Waals surface area contributed by atoms with Gasteiger partial charge in [-0.3, -0.25) is 9.69 Å². The molecule has 0 atom stereocenters. The van der Waals surface area contributed by atoms with E-state index in [-0.39, 0.29) is 17.3 Å². The van der Waals surface area contributed by atoms with Gasteiger partial charge in [0.2, 0.25) is 5.78 Å². The number of ketones is 1. The molecule has 1 N–H and O–H groups in total. The first kappa shape index (κ1) is 24.0. The van der Waals surface area contributed by atoms with Crippen molar-refractivity contribution in [2.45, 2.75) is 13.5 Å². The molecule has 2 heterocycles. The molecular weight excluding hydrogens is 507 g/mol. The Labute approximate surface area is 219 Å². The average molecular weight is 530 g/mol. The third-order valence-electron chi connectivity index (χ3n) is 6.40. The third-order valence-corrected chi connectivity index (χ3v) is 7.19. The van der Waals surface area contributed by atoms with Crippen molar-refractivity contribution in [1.29, 1.82) is 0 Å². The van der Waals surface area contributed by atoms with Gasteiger partial charge in [0.15, 0.2) is 5.76 Å². The number of carbonyl (C=O) groups excluding carboxylic acids is 1. The van der Waals surface area contributed by atoms with Crippen molar-refractivity contribution < 1.29 is 14.6 Å². The lowest BCUT2D eigenvalue weighted by Crippen LogP contribution is -2.46. The third kappa shape index (κ3) is 4.87. The quantitative estimate of drug-likeness (QED) is 0.386. The van der Waals surface area contributed by atoms with E-state index in [9.17, 15) is 9.90 Å². The number of fused-ring (bicyclic) bond motifs is 1. The predicted octanol–water partition coefficient (Wildman–Crippen LogP) is 6.60. The van der Waals surface area contributed by atoms with Crippen LogP contribution in [0.3, 0.4) is 0 Å². The smallest absolute Gasteiger partial charge is 0.232 e. The Morgan fingerprint density at radius 1 is 1.00 bits per heavy atom. The number of rotatable bonds is 4. The highest BCUT2D eigenvalue weighted by molar-refractivity contribution is 6.35. The maximum Gasteiger partial charge on any atom is 0.232 e. The molecule has 0 unspecified atom stereocenters. The minimum atomic E-state index is -0.226. The van der Waals surface area contributed by atoms with Crippen molar-refractivity contribution in [3.8, 4) is 11.5 Å². The summed E-state index contributed by atoms with van der Waals surface area (Å²) < 4.78 is 6.05. The fraction of sp³-hybridized carbons (Fsp3) is 0.222. The van der Waals surface area contributed by atoms with Crippen LogP contribution in [0, 0.1) is 6.92 Å². The molecule has 5 nitrogen and oxygen atoms in total. The van der Waals surface area contributed by atoms with E-state index in [1.165, 1.54) is 0 Å². The van der Waals surface area contributed by atoms with Gasteiger partial charge in [-0.15, -0.1) is 0 Å². The summed E-state index contributed by atoms with van der Waals surface area (Å²) in [6.07, 6.45) is 1.62. The SMILES string of the molecule is Cc1cc(O)c(CN2CCN(c3cccc(Cl)c3)CC2)c2c1C(=O)/C(=C/c1ccc(Cl)cc1Cl)O2. The number of halogens is 3. The number of carbonyl (C=O) groups is 1. The van der Waals surface area contributed by atoms with E-state index in [1.54, 1.807) is 37.3 Å². The second-order valence-corrected chi connectivity index (χ2v) is 10.0. The largest absolute Gasteiger partial charge is 0.507 e. The highest BCUT2D eigenvalue weighted by atomic mass is 35.5. The fourth-order valence-corrected chi connectivity index (χ4v) is 5.20. The van der Waals surface area contributed by atoms with Gasteiger partial charge in [-0.05, 0) is 60.5 Å². The van der Waals surface area contributed by atoms with Gasteiger partial charge < -0.3 is 14.7 Å². The lowest BCUT2D eigenvalue weighted by molar-refractivity contribution is 0.101. The van der Waals surface area contributed by atoms with Crippen LogP contribution in [0.25, 0.3) is 6.08 Å². The zero-order valence-electron chi connectivity index (χ0n) is 19.0. The minimum Gasteiger partial charge on any atom is -0.507 e. The van der Waals surface area contributed by atoms with Crippen molar-refractivity contribution in [2.24, 2.45) is 0 Å². The van der Waals surface area contributed by atoms with Crippen LogP contribution in [0.4, 0.5) is 5.69 Å². The zero-order valence-corrected chi connectivity index (χ0v) is 21.3. The van der Waals surface area contributed by atoms with Crippen LogP contribution in [-0.4, -0.2) is 42.0 Å². The Morgan fingerprint density at radius 2 is 1.74 bits per heavy atom. The van der Waals surface area contributed by atoms with Gasteiger partial charge in [-0.1, -0.05) is 46.9 Å². The molecule has 180 valence electrons. The molecule has 0 spiro atoms. The molecule has 0 amide bonds. The van der Waals surface area contributed by atoms with Crippen molar-refractivity contribution in [2.75, 3.05) is 31.1 Å². The lowest BCUT2D eigenvalue weighted by atomic mass is 9.99. The van der Waals surface area contributed by atoms with Crippen molar-refractivity contribution in [1.82, 2.24) is 4.90 Å². The van der Waals surface area contributed by atoms with Gasteiger partial charge in [0, 0.05) is 53.5 Å². The highest BCUT2D eigenvalue weighted by Crippen LogP contribution is 2.42. The van der Waals surface area contributed by atoms with Gasteiger partial charge in [0.25, 0.3) is 0 Å². The van der Waals surface area contributed by atoms with E-state index < -0.39 is 0 Å². The van der Waals surface area contributed by atoms with Gasteiger partial charge in [0.1, 0.15) is 11.5 Å². The van der Waals surface area contributed by atoms with Crippen LogP contribution in [0.2, 0.25) is 15.1 Å². The summed E-state index contributed by atoms with van der Waals surface area (Å²) >= 11 is 18.4. The van der Waals surface area contributed by atoms with E-state index in [0.717, 1.165) is 36.9 Å². The van der Waals surface area contributed by atoms with Crippen molar-refractivity contribution in [3.63, 3.8) is 0 Å². The van der Waals surface area contributed by atoms with Crippen molar-refractivity contribution in [3.05, 3.63) is 91.6 Å². The normalized spacial score (nSPS) is 17.1. The van der Waals surface area contributed by atoms with Crippen LogP contribution in [0.1, 0.15) is 27.0 Å². The van der Waals surface area contributed by atoms with Crippen LogP contribution in [0.15, 0.2) is 54.3 Å². The molecule has 2 aliphatic rings. The van der Waals surface area contributed by atoms with Gasteiger partial charge in [-0.2, -0.15) is 0 Å². The summed E-state index contributed by atoms with van der Waals surface area (Å²) in [5.74, 6) is 0.485. The summed E-state index contributed by atoms with van der Waals surface area (Å²) in [4.78, 5) is 17.7. The molecule has 0 saturated carbocycles. The molecule has 1 saturated heterocycles. The summed E-state index contributed by atoms with van der Waals surface area (Å²) in [7, 11) is 0. The zero-order chi connectivity index (χ0) is 24.7. The molecule has 3 aromatic carbocycles. The Bertz CT molecular complexity index is 1350. The first-order valence-electron chi connectivity index (χ1n) is 11.3. The molecule has 35 heavy (non-hydrogen) atoms. The molecule has 0 aromatic heterocycles. The Morgan fingerprint density at radius 3 is 2.46 bits per heavy atom. The molecule has 1 fully saturated rings. The molecule has 3 aromatic rings. The molecular formula is C27H23Cl3N2O3. The topological polar surface area (TPSA) is 53.0 Å². The van der Waals surface area contributed by atoms with Crippen LogP contribution >= 0.6 is 34.8 Å². The Hall–Kier alpha value is -2.70. The number of phenols is 1. The number of allylic oxidation sites excluding steroid dienone is 1. The van der Waals surface area contributed by atoms with Crippen LogP contribution in [-0.2, 0) is 6.54 Å². The molecule has 0 radical (unpaired) electrons. The number of Topliss-reactive ketones (excluding diaryl/α,β-unsaturated/α-hetero) is 1. The maximum atomic E-state index is 13.2. The number of ether oxygens (including phenoxy) is 1. The first-order chi connectivity index (χ1) is 16.8. The Kier molecular flexibility index (Phi) is 6.69. The highest BCUT2D eigenvalue weighted by Gasteiger charge is 2.34. The summed E-state index contributed by atoms with van der Waals surface area (Å²) in [6.45, 7) is 5.52. The van der Waals surface area contributed by atoms with Crippen molar-refractivity contribution >= 4 is 52.3 Å². The van der Waals surface area contributed by atoms with E-state index in [4.69, 9.17) is 39.5 Å². The fourth-order valence-electron chi connectivity index (χ4n) is 4.55. The van der Waals surface area contributed by atoms with E-state index in [2.05, 4.69) is 15.9 Å². The number of aromatic hydroxyl groups is 1. The summed E-state index contributed by atoms with van der Waals surface area (Å²) in [5, 5.41) is 12.4. The maximum absolute atomic E-state index is 13.2. The number of hydrogen-bond acceptors (Lipinski definition) is 5. The van der Waals surface area contributed by atoms with Gasteiger partial charge in [0.05, 0.1) is 11.1 Å². The summed E-state index contributed by atoms with van der Waals surface area (Å²) in [6, 6.07) is 14.5. The molecule has 0 bridgehead atoms. The number of benzene rings is 3. The van der Waals surface area contributed by atoms with Gasteiger partial charge >= 0.3 is 0 Å². The minimum absolute atomic E-state index is 0.122. The van der Waals surface area contributed by atoms with E-state index in [0.29, 0.717) is 44.6 Å². The Balaban J connectivity index is 1.37. The average Bonchev–Trinajstić information content (AvgIpc) is 3.15. The predicted molar refractivity (Wildman–Crippen MR) is 141 cm³/mol. The standard InChI is InChI=1S/C27H23Cl3N2O3/c1-16-11-23(33)21(15-31-7-9-32(10-8-31)20-4-2-3-18(28)13-20)27-25(16)26(34)24(35-27)12-17-5-6-19(29)14-22(17)30/h2-6,11-14,33H,7-10,15H2,1H3/b24-12-. The second-order valence-electron chi connectivity index (χ2n) is 8.74. The lowest BCUT2D eigenvalue weighted by Gasteiger charge is -2.36. The van der Waals surface area contributed by atoms with E-state index in [1.807, 2.05) is 18.2 Å². The number of phenolic OH excluding ortho intramolecular Hbond substituents is 1. The number of anilines is 1. The number of aryl methyl sites for hydroxylation is 1. The number of nitrogens with zero attached hydrogens (tertiary/aromatic N) is 2. The molecule has 8 heteroatoms. The second kappa shape index (κ2) is 9.75. The monoisotopic (exact) mass is 528 g/mol. The number of piperazine rings is 1. The van der Waals surface area contributed by atoms with Crippen LogP contribution in [0.5, 0.6) is 11.5 Å². The number of hydrogen-bond donors (Lipinski definition) is 1. The molecule has 0 aliphatic carbocycles. The molecule has 5 rings (SSSR count). The van der Waals surface area contributed by atoms with Gasteiger partial charge in [-0.25, -0.2) is 0 Å². The van der Waals surface area contributed by atoms with Crippen LogP contribution < -0.4 is 9.64 Å².